The van der Waals surface area contributed by atoms with Crippen molar-refractivity contribution in [1.82, 2.24) is 4.90 Å². The molecule has 0 atom stereocenters. The number of carbonyl (C=O) groups excluding carboxylic acids is 2. The number of hydrogen-bond donors (Lipinski definition) is 0. The molecule has 0 saturated heterocycles. The molecule has 2 heterocycles. The molecule has 1 aliphatic heterocycles. The lowest BCUT2D eigenvalue weighted by atomic mass is 9.94. The maximum Gasteiger partial charge on any atom is 0.271 e. The predicted molar refractivity (Wildman–Crippen MR) is 124 cm³/mol. The van der Waals surface area contributed by atoms with Gasteiger partial charge >= 0.3 is 0 Å². The Morgan fingerprint density at radius 3 is 2.43 bits per heavy atom. The highest BCUT2D eigenvalue weighted by molar-refractivity contribution is 7.17. The third-order valence-electron chi connectivity index (χ3n) is 5.43. The first-order chi connectivity index (χ1) is 14.5. The number of amides is 2. The van der Waals surface area contributed by atoms with Gasteiger partial charge in [-0.1, -0.05) is 39.5 Å². The Morgan fingerprint density at radius 2 is 1.80 bits per heavy atom. The van der Waals surface area contributed by atoms with E-state index >= 15 is 0 Å². The first-order valence-corrected chi connectivity index (χ1v) is 11.8. The van der Waals surface area contributed by atoms with Gasteiger partial charge in [-0.2, -0.15) is 5.26 Å². The second-order valence-corrected chi connectivity index (χ2v) is 8.70. The van der Waals surface area contributed by atoms with Crippen LogP contribution in [0.25, 0.3) is 6.08 Å². The van der Waals surface area contributed by atoms with Crippen molar-refractivity contribution in [2.45, 2.75) is 66.2 Å². The molecule has 0 radical (unpaired) electrons. The number of nitriles is 1. The zero-order valence-electron chi connectivity index (χ0n) is 18.7. The smallest absolute Gasteiger partial charge is 0.271 e. The fraction of sp³-hybridized carbons (Fsp3) is 0.542. The summed E-state index contributed by atoms with van der Waals surface area (Å²) in [7, 11) is 0. The topological polar surface area (TPSA) is 64.4 Å². The van der Waals surface area contributed by atoms with Crippen LogP contribution in [0.4, 0.5) is 5.00 Å². The molecule has 0 fully saturated rings. The van der Waals surface area contributed by atoms with Gasteiger partial charge in [0.15, 0.2) is 0 Å². The van der Waals surface area contributed by atoms with E-state index in [9.17, 15) is 14.9 Å². The summed E-state index contributed by atoms with van der Waals surface area (Å²) in [5.41, 5.74) is 1.00. The van der Waals surface area contributed by atoms with Crippen LogP contribution in [0, 0.1) is 11.3 Å². The van der Waals surface area contributed by atoms with Crippen molar-refractivity contribution in [1.29, 1.82) is 5.26 Å². The lowest BCUT2D eigenvalue weighted by molar-refractivity contribution is -0.140. The molecule has 2 amide bonds. The maximum absolute atomic E-state index is 13.1. The maximum atomic E-state index is 13.1. The van der Waals surface area contributed by atoms with E-state index in [1.807, 2.05) is 18.2 Å². The minimum absolute atomic E-state index is 0.0752. The van der Waals surface area contributed by atoms with Crippen molar-refractivity contribution in [2.24, 2.45) is 0 Å². The Hall–Kier alpha value is -2.39. The van der Waals surface area contributed by atoms with E-state index in [1.165, 1.54) is 9.90 Å². The Balaban J connectivity index is 2.31. The summed E-state index contributed by atoms with van der Waals surface area (Å²) in [6.45, 7) is 10.5. The van der Waals surface area contributed by atoms with Crippen LogP contribution in [0.5, 0.6) is 0 Å². The Morgan fingerprint density at radius 1 is 1.07 bits per heavy atom. The second kappa shape index (κ2) is 11.7. The van der Waals surface area contributed by atoms with Gasteiger partial charge in [0.25, 0.3) is 11.8 Å². The number of carbonyl (C=O) groups is 2. The molecule has 0 unspecified atom stereocenters. The molecular formula is C24H33N3O2S. The molecule has 6 heteroatoms. The van der Waals surface area contributed by atoms with E-state index in [4.69, 9.17) is 0 Å². The summed E-state index contributed by atoms with van der Waals surface area (Å²) < 4.78 is 0. The van der Waals surface area contributed by atoms with Crippen LogP contribution in [0.15, 0.2) is 28.9 Å². The molecule has 1 aromatic heterocycles. The highest BCUT2D eigenvalue weighted by Gasteiger charge is 2.35. The molecule has 0 aromatic carbocycles. The third kappa shape index (κ3) is 5.60. The van der Waals surface area contributed by atoms with Crippen LogP contribution in [0.3, 0.4) is 0 Å². The van der Waals surface area contributed by atoms with Gasteiger partial charge in [0.1, 0.15) is 11.6 Å². The zero-order chi connectivity index (χ0) is 22.1. The van der Waals surface area contributed by atoms with Gasteiger partial charge in [0.2, 0.25) is 0 Å². The molecule has 2 rings (SSSR count). The van der Waals surface area contributed by atoms with E-state index in [-0.39, 0.29) is 11.5 Å². The lowest BCUT2D eigenvalue weighted by Crippen LogP contribution is -2.43. The minimum Gasteiger partial charge on any atom is -0.364 e. The molecule has 30 heavy (non-hydrogen) atoms. The highest BCUT2D eigenvalue weighted by atomic mass is 32.1. The monoisotopic (exact) mass is 427 g/mol. The van der Waals surface area contributed by atoms with Crippen molar-refractivity contribution in [3.8, 4) is 6.07 Å². The predicted octanol–water partition coefficient (Wildman–Crippen LogP) is 5.55. The quantitative estimate of drug-likeness (QED) is 0.264. The van der Waals surface area contributed by atoms with Crippen molar-refractivity contribution >= 4 is 34.2 Å². The minimum atomic E-state index is -0.461. The zero-order valence-corrected chi connectivity index (χ0v) is 19.5. The average Bonchev–Trinajstić information content (AvgIpc) is 3.20. The van der Waals surface area contributed by atoms with Gasteiger partial charge in [-0.3, -0.25) is 14.5 Å². The first-order valence-electron chi connectivity index (χ1n) is 11.0. The largest absolute Gasteiger partial charge is 0.364 e. The van der Waals surface area contributed by atoms with E-state index in [0.717, 1.165) is 56.5 Å². The van der Waals surface area contributed by atoms with E-state index in [2.05, 4.69) is 31.7 Å². The van der Waals surface area contributed by atoms with E-state index in [1.54, 1.807) is 18.3 Å². The van der Waals surface area contributed by atoms with Gasteiger partial charge < -0.3 is 4.90 Å². The van der Waals surface area contributed by atoms with Crippen molar-refractivity contribution < 1.29 is 9.59 Å². The molecule has 5 nitrogen and oxygen atoms in total. The van der Waals surface area contributed by atoms with Crippen LogP contribution >= 0.6 is 11.3 Å². The first kappa shape index (κ1) is 23.9. The number of hydrogen-bond acceptors (Lipinski definition) is 5. The molecule has 162 valence electrons. The number of unbranched alkanes of at least 4 members (excludes halogenated alkanes) is 4. The van der Waals surface area contributed by atoms with Crippen LogP contribution in [-0.2, 0) is 9.59 Å². The molecule has 0 spiro atoms. The van der Waals surface area contributed by atoms with Crippen molar-refractivity contribution in [2.75, 3.05) is 24.5 Å². The third-order valence-corrected chi connectivity index (χ3v) is 6.53. The van der Waals surface area contributed by atoms with Gasteiger partial charge in [-0.25, -0.2) is 0 Å². The fourth-order valence-electron chi connectivity index (χ4n) is 3.53. The molecular weight excluding hydrogens is 394 g/mol. The standard InChI is InChI=1S/C24H33N3O2S/c1-5-8-10-11-15-27-23(28)20(18(4)21(17-25)24(27)29)16-19-12-13-22(30-19)26(7-3)14-9-6-2/h12-13,16H,5-11,14-15H2,1-4H3/b20-16-. The molecule has 0 bridgehead atoms. The molecule has 0 N–H and O–H groups in total. The molecule has 0 saturated carbocycles. The SMILES string of the molecule is CCCCCCN1C(=O)C(C#N)=C(C)/C(=C/c2ccc(N(CC)CCCC)s2)C1=O. The molecule has 1 aromatic rings. The van der Waals surface area contributed by atoms with Crippen LogP contribution < -0.4 is 4.90 Å². The van der Waals surface area contributed by atoms with Gasteiger partial charge in [0.05, 0.1) is 5.00 Å². The number of imide groups is 1. The lowest BCUT2D eigenvalue weighted by Gasteiger charge is -2.27. The van der Waals surface area contributed by atoms with Crippen LogP contribution in [-0.4, -0.2) is 36.3 Å². The number of thiophene rings is 1. The Kier molecular flexibility index (Phi) is 9.32. The summed E-state index contributed by atoms with van der Waals surface area (Å²) in [6, 6.07) is 6.11. The van der Waals surface area contributed by atoms with Crippen LogP contribution in [0.1, 0.15) is 71.1 Å². The molecule has 1 aliphatic rings. The Labute approximate surface area is 184 Å². The normalized spacial score (nSPS) is 15.8. The van der Waals surface area contributed by atoms with Gasteiger partial charge in [-0.15, -0.1) is 11.3 Å². The van der Waals surface area contributed by atoms with Gasteiger partial charge in [0, 0.05) is 30.1 Å². The molecule has 0 aliphatic carbocycles. The summed E-state index contributed by atoms with van der Waals surface area (Å²) in [6.07, 6.45) is 8.02. The summed E-state index contributed by atoms with van der Waals surface area (Å²) in [5.74, 6) is -0.751. The second-order valence-electron chi connectivity index (χ2n) is 7.60. The van der Waals surface area contributed by atoms with Gasteiger partial charge in [-0.05, 0) is 50.5 Å². The van der Waals surface area contributed by atoms with E-state index < -0.39 is 5.91 Å². The van der Waals surface area contributed by atoms with Crippen molar-refractivity contribution in [3.63, 3.8) is 0 Å². The fourth-order valence-corrected chi connectivity index (χ4v) is 4.57. The number of rotatable bonds is 11. The summed E-state index contributed by atoms with van der Waals surface area (Å²) in [4.78, 5) is 30.3. The summed E-state index contributed by atoms with van der Waals surface area (Å²) in [5, 5.41) is 10.7. The Bertz CT molecular complexity index is 860. The van der Waals surface area contributed by atoms with Crippen molar-refractivity contribution in [3.05, 3.63) is 33.7 Å². The number of anilines is 1. The average molecular weight is 428 g/mol. The highest BCUT2D eigenvalue weighted by Crippen LogP contribution is 2.32. The van der Waals surface area contributed by atoms with Crippen LogP contribution in [0.2, 0.25) is 0 Å². The number of nitrogens with zero attached hydrogens (tertiary/aromatic N) is 3. The summed E-state index contributed by atoms with van der Waals surface area (Å²) >= 11 is 1.64. The van der Waals surface area contributed by atoms with E-state index in [0.29, 0.717) is 17.7 Å².